The molecule has 0 aromatic heterocycles. The fraction of sp³-hybridized carbons (Fsp3) is 0.846. The number of aliphatic hydroxyl groups is 3. The largest absolute Gasteiger partial charge is 0.481 e. The van der Waals surface area contributed by atoms with E-state index in [2.05, 4.69) is 13.0 Å². The third kappa shape index (κ3) is 2.67. The first-order valence-corrected chi connectivity index (χ1v) is 12.7. The molecule has 0 aromatic rings. The lowest BCUT2D eigenvalue weighted by molar-refractivity contribution is -0.304. The van der Waals surface area contributed by atoms with Gasteiger partial charge >= 0.3 is 5.97 Å². The Balaban J connectivity index is 1.59. The average molecular weight is 479 g/mol. The number of allylic oxidation sites excluding steroid dienone is 1. The number of aliphatic carboxylic acids is 1. The van der Waals surface area contributed by atoms with Crippen molar-refractivity contribution in [3.63, 3.8) is 0 Å². The summed E-state index contributed by atoms with van der Waals surface area (Å²) in [6.07, 6.45) is -0.0313. The van der Waals surface area contributed by atoms with Gasteiger partial charge in [0.05, 0.1) is 18.1 Å². The predicted molar refractivity (Wildman–Crippen MR) is 120 cm³/mol. The van der Waals surface area contributed by atoms with E-state index in [1.807, 2.05) is 13.8 Å². The Kier molecular flexibility index (Phi) is 5.62. The zero-order valence-corrected chi connectivity index (χ0v) is 20.4. The van der Waals surface area contributed by atoms with Crippen molar-refractivity contribution in [1.82, 2.24) is 0 Å². The Morgan fingerprint density at radius 3 is 2.50 bits per heavy atom. The molecule has 5 aliphatic rings. The SMILES string of the molecule is CC(C)C1=C[C@H]2C[C@]3(C=O)[C@@H]4CC[C@@H](C)[C@H]4C[C@@]2(CO[C@@H]2O[C@H](C)[C@@H](O)[C@@H](O)[C@@H]2O)[C@]13C(=O)O. The van der Waals surface area contributed by atoms with Gasteiger partial charge in [0.25, 0.3) is 0 Å². The summed E-state index contributed by atoms with van der Waals surface area (Å²) in [5.41, 5.74) is -2.37. The highest BCUT2D eigenvalue weighted by atomic mass is 16.7. The molecule has 0 radical (unpaired) electrons. The van der Waals surface area contributed by atoms with Crippen molar-refractivity contribution in [3.05, 3.63) is 11.6 Å². The fourth-order valence-corrected chi connectivity index (χ4v) is 9.02. The average Bonchev–Trinajstić information content (AvgIpc) is 3.36. The second-order valence-electron chi connectivity index (χ2n) is 12.0. The van der Waals surface area contributed by atoms with E-state index in [0.29, 0.717) is 18.8 Å². The molecule has 1 saturated heterocycles. The van der Waals surface area contributed by atoms with Crippen molar-refractivity contribution in [2.45, 2.75) is 84.1 Å². The molecule has 8 nitrogen and oxygen atoms in total. The van der Waals surface area contributed by atoms with Gasteiger partial charge in [-0.2, -0.15) is 0 Å². The summed E-state index contributed by atoms with van der Waals surface area (Å²) in [4.78, 5) is 26.4. The maximum Gasteiger partial charge on any atom is 0.315 e. The topological polar surface area (TPSA) is 134 Å². The Bertz CT molecular complexity index is 901. The molecule has 3 saturated carbocycles. The maximum atomic E-state index is 13.4. The molecule has 190 valence electrons. The Hall–Kier alpha value is -1.32. The van der Waals surface area contributed by atoms with Crippen LogP contribution in [0.1, 0.15) is 53.4 Å². The van der Waals surface area contributed by atoms with Crippen LogP contribution >= 0.6 is 0 Å². The molecule has 12 atom stereocenters. The molecule has 1 heterocycles. The van der Waals surface area contributed by atoms with Crippen LogP contribution in [-0.4, -0.2) is 70.0 Å². The standard InChI is InChI=1S/C26H38O8/c1-12(2)18-7-15-8-24(10-27)17-6-5-13(3)16(17)9-25(15,26(18,24)23(31)32)11-33-22-21(30)20(29)19(28)14(4)34-22/h7,10,12-17,19-22,28-30H,5-6,8-9,11H2,1-4H3,(H,31,32)/t13-,14-,15+,16-,17-,19-,20-,21+,22-,24+,25+,26+/m1/s1. The number of aliphatic hydroxyl groups excluding tert-OH is 3. The molecule has 0 unspecified atom stereocenters. The van der Waals surface area contributed by atoms with Gasteiger partial charge in [0.2, 0.25) is 0 Å². The summed E-state index contributed by atoms with van der Waals surface area (Å²) in [7, 11) is 0. The van der Waals surface area contributed by atoms with E-state index in [0.717, 1.165) is 24.7 Å². The molecule has 5 rings (SSSR count). The van der Waals surface area contributed by atoms with Crippen molar-refractivity contribution >= 4 is 12.3 Å². The van der Waals surface area contributed by atoms with Gasteiger partial charge in [-0.05, 0) is 55.8 Å². The molecule has 4 bridgehead atoms. The highest BCUT2D eigenvalue weighted by Gasteiger charge is 2.84. The first kappa shape index (κ1) is 24.4. The second kappa shape index (κ2) is 7.84. The number of hydrogen-bond donors (Lipinski definition) is 4. The van der Waals surface area contributed by atoms with E-state index in [-0.39, 0.29) is 30.3 Å². The smallest absolute Gasteiger partial charge is 0.315 e. The number of carboxylic acids is 1. The van der Waals surface area contributed by atoms with Gasteiger partial charge in [-0.25, -0.2) is 0 Å². The van der Waals surface area contributed by atoms with Crippen LogP contribution in [0.3, 0.4) is 0 Å². The second-order valence-corrected chi connectivity index (χ2v) is 12.0. The third-order valence-electron chi connectivity index (χ3n) is 10.4. The molecule has 4 aliphatic carbocycles. The van der Waals surface area contributed by atoms with Gasteiger partial charge in [-0.15, -0.1) is 0 Å². The zero-order chi connectivity index (χ0) is 24.8. The van der Waals surface area contributed by atoms with Crippen LogP contribution in [0.25, 0.3) is 0 Å². The molecule has 0 amide bonds. The van der Waals surface area contributed by atoms with Crippen LogP contribution in [0.4, 0.5) is 0 Å². The zero-order valence-electron chi connectivity index (χ0n) is 20.4. The minimum absolute atomic E-state index is 0.000517. The van der Waals surface area contributed by atoms with Crippen LogP contribution in [0.5, 0.6) is 0 Å². The molecule has 8 heteroatoms. The lowest BCUT2D eigenvalue weighted by Crippen LogP contribution is -2.64. The van der Waals surface area contributed by atoms with Crippen molar-refractivity contribution < 1.29 is 39.5 Å². The molecule has 0 aromatic carbocycles. The van der Waals surface area contributed by atoms with E-state index < -0.39 is 52.9 Å². The summed E-state index contributed by atoms with van der Waals surface area (Å²) >= 11 is 0. The van der Waals surface area contributed by atoms with Crippen molar-refractivity contribution in [2.24, 2.45) is 45.8 Å². The lowest BCUT2D eigenvalue weighted by Gasteiger charge is -2.58. The maximum absolute atomic E-state index is 13.4. The number of ether oxygens (including phenoxy) is 2. The molecule has 4 fully saturated rings. The number of aldehydes is 1. The molecule has 34 heavy (non-hydrogen) atoms. The first-order valence-electron chi connectivity index (χ1n) is 12.7. The molecular formula is C26H38O8. The fourth-order valence-electron chi connectivity index (χ4n) is 9.02. The highest BCUT2D eigenvalue weighted by Crippen LogP contribution is 2.82. The van der Waals surface area contributed by atoms with E-state index >= 15 is 0 Å². The summed E-state index contributed by atoms with van der Waals surface area (Å²) in [5, 5.41) is 41.8. The number of carbonyl (C=O) groups excluding carboxylic acids is 1. The molecule has 1 aliphatic heterocycles. The van der Waals surface area contributed by atoms with Crippen molar-refractivity contribution in [1.29, 1.82) is 0 Å². The Morgan fingerprint density at radius 1 is 1.18 bits per heavy atom. The summed E-state index contributed by atoms with van der Waals surface area (Å²) < 4.78 is 11.8. The quantitative estimate of drug-likeness (QED) is 0.335. The minimum atomic E-state index is -1.46. The van der Waals surface area contributed by atoms with Crippen molar-refractivity contribution in [2.75, 3.05) is 6.61 Å². The molecule has 0 spiro atoms. The van der Waals surface area contributed by atoms with Crippen LogP contribution in [0.15, 0.2) is 11.6 Å². The van der Waals surface area contributed by atoms with Gasteiger partial charge in [0.1, 0.15) is 30.0 Å². The van der Waals surface area contributed by atoms with Gasteiger partial charge in [-0.3, -0.25) is 4.79 Å². The number of fused-ring (bicyclic) bond motifs is 2. The van der Waals surface area contributed by atoms with Gasteiger partial charge < -0.3 is 34.7 Å². The number of carbonyl (C=O) groups is 2. The molecule has 4 N–H and O–H groups in total. The third-order valence-corrected chi connectivity index (χ3v) is 10.4. The molecular weight excluding hydrogens is 440 g/mol. The first-order chi connectivity index (χ1) is 16.0. The van der Waals surface area contributed by atoms with Crippen molar-refractivity contribution in [3.8, 4) is 0 Å². The van der Waals surface area contributed by atoms with Crippen LogP contribution in [0.2, 0.25) is 0 Å². The minimum Gasteiger partial charge on any atom is -0.481 e. The van der Waals surface area contributed by atoms with E-state index in [9.17, 15) is 30.0 Å². The van der Waals surface area contributed by atoms with Crippen LogP contribution in [-0.2, 0) is 19.1 Å². The monoisotopic (exact) mass is 478 g/mol. The summed E-state index contributed by atoms with van der Waals surface area (Å²) in [6, 6.07) is 0. The Morgan fingerprint density at radius 2 is 1.88 bits per heavy atom. The highest BCUT2D eigenvalue weighted by molar-refractivity contribution is 5.90. The van der Waals surface area contributed by atoms with Crippen LogP contribution in [0, 0.1) is 45.8 Å². The van der Waals surface area contributed by atoms with Gasteiger partial charge in [-0.1, -0.05) is 38.8 Å². The van der Waals surface area contributed by atoms with E-state index in [1.165, 1.54) is 0 Å². The van der Waals surface area contributed by atoms with Gasteiger partial charge in [0.15, 0.2) is 6.29 Å². The summed E-state index contributed by atoms with van der Waals surface area (Å²) in [5.74, 6) is -0.472. The number of carboxylic acid groups (broad SMARTS) is 1. The van der Waals surface area contributed by atoms with Gasteiger partial charge in [0, 0.05) is 5.41 Å². The predicted octanol–water partition coefficient (Wildman–Crippen LogP) is 1.76. The number of rotatable bonds is 6. The lowest BCUT2D eigenvalue weighted by atomic mass is 9.43. The van der Waals surface area contributed by atoms with Crippen LogP contribution < -0.4 is 0 Å². The van der Waals surface area contributed by atoms with E-state index in [1.54, 1.807) is 6.92 Å². The Labute approximate surface area is 200 Å². The summed E-state index contributed by atoms with van der Waals surface area (Å²) in [6.45, 7) is 7.76. The van der Waals surface area contributed by atoms with E-state index in [4.69, 9.17) is 9.47 Å². The number of hydrogen-bond acceptors (Lipinski definition) is 7. The normalized spacial score (nSPS) is 53.6.